The Morgan fingerprint density at radius 2 is 2.32 bits per heavy atom. The number of nitrogens with two attached hydrogens (primary N) is 1. The molecule has 1 unspecified atom stereocenters. The molecule has 0 aliphatic rings. The molecule has 0 radical (unpaired) electrons. The average molecular weight is 268 g/mol. The van der Waals surface area contributed by atoms with Gasteiger partial charge in [-0.15, -0.1) is 0 Å². The van der Waals surface area contributed by atoms with Crippen molar-refractivity contribution in [1.29, 1.82) is 0 Å². The van der Waals surface area contributed by atoms with E-state index in [1.165, 1.54) is 18.2 Å². The van der Waals surface area contributed by atoms with E-state index in [4.69, 9.17) is 10.9 Å². The van der Waals surface area contributed by atoms with Crippen molar-refractivity contribution < 1.29 is 14.4 Å². The summed E-state index contributed by atoms with van der Waals surface area (Å²) in [4.78, 5) is 11.7. The van der Waals surface area contributed by atoms with Gasteiger partial charge in [0.05, 0.1) is 6.04 Å². The van der Waals surface area contributed by atoms with Crippen LogP contribution < -0.4 is 16.4 Å². The van der Waals surface area contributed by atoms with Gasteiger partial charge in [-0.2, -0.15) is 0 Å². The van der Waals surface area contributed by atoms with Crippen molar-refractivity contribution in [2.45, 2.75) is 25.8 Å². The van der Waals surface area contributed by atoms with Crippen LogP contribution in [0.3, 0.4) is 0 Å². The highest BCUT2D eigenvalue weighted by Gasteiger charge is 2.15. The Bertz CT molecular complexity index is 465. The first-order valence-corrected chi connectivity index (χ1v) is 5.87. The van der Waals surface area contributed by atoms with Gasteiger partial charge in [0.2, 0.25) is 0 Å². The number of rotatable bonds is 5. The highest BCUT2D eigenvalue weighted by Crippen LogP contribution is 2.09. The molecule has 0 spiro atoms. The summed E-state index contributed by atoms with van der Waals surface area (Å²) in [7, 11) is 0. The smallest absolute Gasteiger partial charge is 0.319 e. The lowest BCUT2D eigenvalue weighted by Gasteiger charge is -2.17. The van der Waals surface area contributed by atoms with Gasteiger partial charge in [0.25, 0.3) is 0 Å². The predicted molar refractivity (Wildman–Crippen MR) is 70.7 cm³/mol. The lowest BCUT2D eigenvalue weighted by Crippen LogP contribution is -2.46. The molecule has 0 fully saturated rings. The number of amides is 2. The normalized spacial score (nSPS) is 12.8. The van der Waals surface area contributed by atoms with Gasteiger partial charge in [-0.1, -0.05) is 24.6 Å². The van der Waals surface area contributed by atoms with Crippen LogP contribution in [0.15, 0.2) is 29.4 Å². The van der Waals surface area contributed by atoms with Gasteiger partial charge in [-0.25, -0.2) is 9.18 Å². The molecule has 0 heterocycles. The summed E-state index contributed by atoms with van der Waals surface area (Å²) in [5.74, 6) is -0.518. The minimum absolute atomic E-state index is 0.0729. The molecule has 6 nitrogen and oxygen atoms in total. The van der Waals surface area contributed by atoms with Crippen LogP contribution in [-0.4, -0.2) is 23.1 Å². The zero-order chi connectivity index (χ0) is 14.3. The van der Waals surface area contributed by atoms with E-state index in [0.29, 0.717) is 12.1 Å². The van der Waals surface area contributed by atoms with Crippen LogP contribution in [0.5, 0.6) is 0 Å². The molecular weight excluding hydrogens is 251 g/mol. The van der Waals surface area contributed by atoms with Crippen molar-refractivity contribution in [3.63, 3.8) is 0 Å². The third-order valence-electron chi connectivity index (χ3n) is 2.44. The predicted octanol–water partition coefficient (Wildman–Crippen LogP) is 1.86. The van der Waals surface area contributed by atoms with Crippen LogP contribution in [-0.2, 0) is 0 Å². The van der Waals surface area contributed by atoms with E-state index in [-0.39, 0.29) is 5.84 Å². The Morgan fingerprint density at radius 1 is 1.58 bits per heavy atom. The first kappa shape index (κ1) is 14.7. The van der Waals surface area contributed by atoms with Crippen molar-refractivity contribution in [3.05, 3.63) is 30.1 Å². The number of hydrogen-bond acceptors (Lipinski definition) is 3. The minimum Gasteiger partial charge on any atom is -0.409 e. The number of nitrogens with zero attached hydrogens (tertiary/aromatic N) is 1. The molecule has 1 rings (SSSR count). The third-order valence-corrected chi connectivity index (χ3v) is 2.44. The molecule has 0 aliphatic carbocycles. The van der Waals surface area contributed by atoms with Crippen molar-refractivity contribution in [3.8, 4) is 0 Å². The second kappa shape index (κ2) is 7.20. The van der Waals surface area contributed by atoms with Gasteiger partial charge in [-0.3, -0.25) is 0 Å². The number of nitrogens with one attached hydrogen (secondary N) is 2. The summed E-state index contributed by atoms with van der Waals surface area (Å²) in [6.07, 6.45) is 1.29. The molecule has 104 valence electrons. The Balaban J connectivity index is 2.62. The average Bonchev–Trinajstić information content (AvgIpc) is 2.37. The quantitative estimate of drug-likeness (QED) is 0.284. The number of carbonyl (C=O) groups is 1. The summed E-state index contributed by atoms with van der Waals surface area (Å²) in [6, 6.07) is 4.40. The molecule has 7 heteroatoms. The molecule has 0 aromatic heterocycles. The van der Waals surface area contributed by atoms with E-state index < -0.39 is 17.9 Å². The monoisotopic (exact) mass is 268 g/mol. The van der Waals surface area contributed by atoms with Crippen molar-refractivity contribution >= 4 is 17.6 Å². The first-order valence-electron chi connectivity index (χ1n) is 5.87. The standard InChI is InChI=1S/C12H17FN4O2/c1-2-4-10(11(14)17-19)16-12(18)15-9-6-3-5-8(13)7-9/h3,5-7,10,19H,2,4H2,1H3,(H2,14,17)(H2,15,16,18). The number of carbonyl (C=O) groups excluding carboxylic acids is 1. The van der Waals surface area contributed by atoms with Crippen molar-refractivity contribution in [2.75, 3.05) is 5.32 Å². The largest absolute Gasteiger partial charge is 0.409 e. The maximum absolute atomic E-state index is 12.9. The Labute approximate surface area is 110 Å². The summed E-state index contributed by atoms with van der Waals surface area (Å²) < 4.78 is 12.9. The number of hydrogen-bond donors (Lipinski definition) is 4. The number of benzene rings is 1. The molecule has 0 aliphatic heterocycles. The van der Waals surface area contributed by atoms with E-state index in [0.717, 1.165) is 6.42 Å². The zero-order valence-corrected chi connectivity index (χ0v) is 10.6. The molecule has 0 bridgehead atoms. The second-order valence-electron chi connectivity index (χ2n) is 3.97. The lowest BCUT2D eigenvalue weighted by molar-refractivity contribution is 0.250. The van der Waals surface area contributed by atoms with Crippen LogP contribution >= 0.6 is 0 Å². The van der Waals surface area contributed by atoms with Gasteiger partial charge in [0.1, 0.15) is 5.82 Å². The Morgan fingerprint density at radius 3 is 2.89 bits per heavy atom. The van der Waals surface area contributed by atoms with E-state index in [1.54, 1.807) is 6.07 Å². The summed E-state index contributed by atoms with van der Waals surface area (Å²) in [5.41, 5.74) is 5.79. The van der Waals surface area contributed by atoms with E-state index >= 15 is 0 Å². The molecule has 5 N–H and O–H groups in total. The lowest BCUT2D eigenvalue weighted by atomic mass is 10.1. The van der Waals surface area contributed by atoms with Gasteiger partial charge in [-0.05, 0) is 24.6 Å². The van der Waals surface area contributed by atoms with Crippen LogP contribution in [0.2, 0.25) is 0 Å². The fourth-order valence-corrected chi connectivity index (χ4v) is 1.54. The first-order chi connectivity index (χ1) is 9.06. The highest BCUT2D eigenvalue weighted by atomic mass is 19.1. The molecule has 2 amide bonds. The van der Waals surface area contributed by atoms with Crippen LogP contribution in [0.1, 0.15) is 19.8 Å². The minimum atomic E-state index is -0.566. The van der Waals surface area contributed by atoms with Gasteiger partial charge in [0.15, 0.2) is 5.84 Å². The molecule has 1 atom stereocenters. The molecule has 0 saturated carbocycles. The summed E-state index contributed by atoms with van der Waals surface area (Å²) >= 11 is 0. The number of oxime groups is 1. The number of halogens is 1. The summed E-state index contributed by atoms with van der Waals surface area (Å²) in [5, 5.41) is 16.5. The summed E-state index contributed by atoms with van der Waals surface area (Å²) in [6.45, 7) is 1.91. The molecule has 0 saturated heterocycles. The molecular formula is C12H17FN4O2. The van der Waals surface area contributed by atoms with E-state index in [1.807, 2.05) is 6.92 Å². The fraction of sp³-hybridized carbons (Fsp3) is 0.333. The SMILES string of the molecule is CCCC(NC(=O)Nc1cccc(F)c1)/C(N)=N/O. The number of urea groups is 1. The van der Waals surface area contributed by atoms with Crippen molar-refractivity contribution in [1.82, 2.24) is 5.32 Å². The van der Waals surface area contributed by atoms with Crippen LogP contribution in [0.4, 0.5) is 14.9 Å². The van der Waals surface area contributed by atoms with E-state index in [2.05, 4.69) is 15.8 Å². The zero-order valence-electron chi connectivity index (χ0n) is 10.6. The Kier molecular flexibility index (Phi) is 5.59. The molecule has 19 heavy (non-hydrogen) atoms. The number of amidine groups is 1. The highest BCUT2D eigenvalue weighted by molar-refractivity contribution is 5.94. The topological polar surface area (TPSA) is 99.7 Å². The van der Waals surface area contributed by atoms with Crippen molar-refractivity contribution in [2.24, 2.45) is 10.9 Å². The van der Waals surface area contributed by atoms with Gasteiger partial charge >= 0.3 is 6.03 Å². The van der Waals surface area contributed by atoms with Crippen LogP contribution in [0.25, 0.3) is 0 Å². The molecule has 1 aromatic rings. The Hall–Kier alpha value is -2.31. The van der Waals surface area contributed by atoms with Crippen LogP contribution in [0, 0.1) is 5.82 Å². The third kappa shape index (κ3) is 4.82. The molecule has 1 aromatic carbocycles. The van der Waals surface area contributed by atoms with Gasteiger partial charge in [0, 0.05) is 5.69 Å². The van der Waals surface area contributed by atoms with Gasteiger partial charge < -0.3 is 21.6 Å². The fourth-order valence-electron chi connectivity index (χ4n) is 1.54. The van der Waals surface area contributed by atoms with E-state index in [9.17, 15) is 9.18 Å². The second-order valence-corrected chi connectivity index (χ2v) is 3.97. The number of anilines is 1. The maximum Gasteiger partial charge on any atom is 0.319 e. The maximum atomic E-state index is 12.9.